The van der Waals surface area contributed by atoms with Gasteiger partial charge in [-0.3, -0.25) is 4.79 Å². The van der Waals surface area contributed by atoms with Gasteiger partial charge in [-0.15, -0.1) is 0 Å². The van der Waals surface area contributed by atoms with Crippen LogP contribution in [0.15, 0.2) is 50.3 Å². The number of nitrogens with one attached hydrogen (secondary N) is 2. The van der Waals surface area contributed by atoms with E-state index in [1.807, 2.05) is 12.3 Å². The van der Waals surface area contributed by atoms with Gasteiger partial charge in [0, 0.05) is 25.4 Å². The minimum Gasteiger partial charge on any atom is -0.461 e. The molecule has 0 bridgehead atoms. The molecule has 1 aliphatic heterocycles. The number of nitrogens with zero attached hydrogens (tertiary/aromatic N) is 2. The molecule has 2 N–H and O–H groups in total. The summed E-state index contributed by atoms with van der Waals surface area (Å²) in [6, 6.07) is 5.03. The third-order valence-corrected chi connectivity index (χ3v) is 3.09. The number of aliphatic imine (C=N–C) groups is 1. The Morgan fingerprint density at radius 2 is 2.23 bits per heavy atom. The van der Waals surface area contributed by atoms with Crippen LogP contribution in [0, 0.1) is 0 Å². The number of amides is 1. The van der Waals surface area contributed by atoms with Gasteiger partial charge >= 0.3 is 0 Å². The summed E-state index contributed by atoms with van der Waals surface area (Å²) in [6.45, 7) is 1.06. The molecule has 0 saturated carbocycles. The maximum absolute atomic E-state index is 11.9. The highest BCUT2D eigenvalue weighted by atomic mass is 16.5. The number of hydrogen-bond acceptors (Lipinski definition) is 6. The first-order valence-electron chi connectivity index (χ1n) is 7.08. The fourth-order valence-corrected chi connectivity index (χ4v) is 2.00. The molecule has 0 aliphatic carbocycles. The van der Waals surface area contributed by atoms with Crippen molar-refractivity contribution in [3.8, 4) is 11.5 Å². The highest BCUT2D eigenvalue weighted by Gasteiger charge is 2.14. The summed E-state index contributed by atoms with van der Waals surface area (Å²) in [6.07, 6.45) is 7.42. The molecule has 22 heavy (non-hydrogen) atoms. The summed E-state index contributed by atoms with van der Waals surface area (Å²) in [5, 5.41) is 9.65. The molecule has 114 valence electrons. The second-order valence-corrected chi connectivity index (χ2v) is 4.71. The highest BCUT2D eigenvalue weighted by molar-refractivity contribution is 5.92. The number of rotatable bonds is 6. The van der Waals surface area contributed by atoms with Crippen LogP contribution >= 0.6 is 0 Å². The van der Waals surface area contributed by atoms with Crippen molar-refractivity contribution in [1.29, 1.82) is 0 Å². The number of allylic oxidation sites excluding steroid dienone is 1. The zero-order valence-corrected chi connectivity index (χ0v) is 11.9. The van der Waals surface area contributed by atoms with Gasteiger partial charge in [0.05, 0.1) is 6.26 Å². The Hall–Kier alpha value is -2.83. The van der Waals surface area contributed by atoms with E-state index in [1.54, 1.807) is 18.2 Å². The molecular weight excluding hydrogens is 284 g/mol. The zero-order chi connectivity index (χ0) is 15.2. The smallest absolute Gasteiger partial charge is 0.273 e. The Kier molecular flexibility index (Phi) is 4.33. The van der Waals surface area contributed by atoms with Crippen LogP contribution in [-0.2, 0) is 0 Å². The Bertz CT molecular complexity index is 685. The normalized spacial score (nSPS) is 13.7. The highest BCUT2D eigenvalue weighted by Crippen LogP contribution is 2.20. The maximum atomic E-state index is 11.9. The summed E-state index contributed by atoms with van der Waals surface area (Å²) < 4.78 is 10.3. The van der Waals surface area contributed by atoms with Crippen LogP contribution in [0.1, 0.15) is 23.3 Å². The lowest BCUT2D eigenvalue weighted by molar-refractivity contribution is 0.0945. The molecule has 0 spiro atoms. The summed E-state index contributed by atoms with van der Waals surface area (Å²) in [5.74, 6) is 1.52. The number of aromatic nitrogens is 1. The topological polar surface area (TPSA) is 92.7 Å². The molecule has 0 aromatic carbocycles. The molecule has 7 nitrogen and oxygen atoms in total. The predicted molar refractivity (Wildman–Crippen MR) is 80.3 cm³/mol. The average Bonchev–Trinajstić information content (AvgIpc) is 3.22. The molecular formula is C15H16N4O3. The van der Waals surface area contributed by atoms with Crippen molar-refractivity contribution in [2.45, 2.75) is 12.8 Å². The van der Waals surface area contributed by atoms with Crippen LogP contribution in [0.3, 0.4) is 0 Å². The van der Waals surface area contributed by atoms with Crippen molar-refractivity contribution in [1.82, 2.24) is 15.8 Å². The number of carbonyl (C=O) groups is 1. The Morgan fingerprint density at radius 1 is 1.27 bits per heavy atom. The largest absolute Gasteiger partial charge is 0.461 e. The molecule has 2 aromatic rings. The molecule has 0 unspecified atom stereocenters. The second-order valence-electron chi connectivity index (χ2n) is 4.71. The molecule has 3 rings (SSSR count). The van der Waals surface area contributed by atoms with Gasteiger partial charge in [0.15, 0.2) is 11.5 Å². The molecule has 1 amide bonds. The van der Waals surface area contributed by atoms with Gasteiger partial charge in [-0.2, -0.15) is 0 Å². The van der Waals surface area contributed by atoms with Gasteiger partial charge in [-0.1, -0.05) is 5.16 Å². The molecule has 0 radical (unpaired) electrons. The fraction of sp³-hybridized carbons (Fsp3) is 0.267. The lowest BCUT2D eigenvalue weighted by Crippen LogP contribution is -2.31. The third-order valence-electron chi connectivity index (χ3n) is 3.09. The SMILES string of the molecule is O=C(NCCNC1=CCCC=N1)c1cc(-c2ccco2)on1. The van der Waals surface area contributed by atoms with Crippen LogP contribution in [0.25, 0.3) is 11.5 Å². The van der Waals surface area contributed by atoms with Gasteiger partial charge < -0.3 is 19.6 Å². The first-order chi connectivity index (χ1) is 10.8. The first kappa shape index (κ1) is 14.1. The molecule has 3 heterocycles. The summed E-state index contributed by atoms with van der Waals surface area (Å²) in [5.41, 5.74) is 0.223. The average molecular weight is 300 g/mol. The van der Waals surface area contributed by atoms with Gasteiger partial charge in [-0.25, -0.2) is 4.99 Å². The Labute approximate surface area is 127 Å². The Morgan fingerprint density at radius 3 is 3.00 bits per heavy atom. The van der Waals surface area contributed by atoms with Crippen molar-refractivity contribution in [2.75, 3.05) is 13.1 Å². The number of furan rings is 1. The lowest BCUT2D eigenvalue weighted by atomic mass is 10.3. The maximum Gasteiger partial charge on any atom is 0.273 e. The van der Waals surface area contributed by atoms with E-state index in [9.17, 15) is 4.79 Å². The molecule has 2 aromatic heterocycles. The molecule has 7 heteroatoms. The van der Waals surface area contributed by atoms with Gasteiger partial charge in [-0.05, 0) is 31.1 Å². The molecule has 0 fully saturated rings. The summed E-state index contributed by atoms with van der Waals surface area (Å²) >= 11 is 0. The minimum absolute atomic E-state index is 0.223. The summed E-state index contributed by atoms with van der Waals surface area (Å²) in [4.78, 5) is 16.2. The van der Waals surface area contributed by atoms with E-state index < -0.39 is 0 Å². The number of carbonyl (C=O) groups excluding carboxylic acids is 1. The van der Waals surface area contributed by atoms with Gasteiger partial charge in [0.25, 0.3) is 5.91 Å². The van der Waals surface area contributed by atoms with E-state index in [0.29, 0.717) is 24.6 Å². The first-order valence-corrected chi connectivity index (χ1v) is 7.08. The van der Waals surface area contributed by atoms with Crippen molar-refractivity contribution in [3.05, 3.63) is 42.1 Å². The van der Waals surface area contributed by atoms with E-state index in [4.69, 9.17) is 8.94 Å². The molecule has 1 aliphatic rings. The van der Waals surface area contributed by atoms with E-state index in [0.717, 1.165) is 18.7 Å². The van der Waals surface area contributed by atoms with Crippen LogP contribution < -0.4 is 10.6 Å². The van der Waals surface area contributed by atoms with Crippen molar-refractivity contribution < 1.29 is 13.7 Å². The van der Waals surface area contributed by atoms with Crippen molar-refractivity contribution >= 4 is 12.1 Å². The molecule has 0 atom stereocenters. The zero-order valence-electron chi connectivity index (χ0n) is 11.9. The van der Waals surface area contributed by atoms with Gasteiger partial charge in [0.2, 0.25) is 5.76 Å². The Balaban J connectivity index is 1.46. The monoisotopic (exact) mass is 300 g/mol. The lowest BCUT2D eigenvalue weighted by Gasteiger charge is -2.09. The van der Waals surface area contributed by atoms with Crippen molar-refractivity contribution in [3.63, 3.8) is 0 Å². The summed E-state index contributed by atoms with van der Waals surface area (Å²) in [7, 11) is 0. The quantitative estimate of drug-likeness (QED) is 0.795. The molecule has 0 saturated heterocycles. The number of hydrogen-bond donors (Lipinski definition) is 2. The second kappa shape index (κ2) is 6.75. The minimum atomic E-state index is -0.288. The van der Waals surface area contributed by atoms with E-state index >= 15 is 0 Å². The van der Waals surface area contributed by atoms with Crippen molar-refractivity contribution in [2.24, 2.45) is 4.99 Å². The van der Waals surface area contributed by atoms with Crippen LogP contribution in [-0.4, -0.2) is 30.4 Å². The van der Waals surface area contributed by atoms with Crippen LogP contribution in [0.4, 0.5) is 0 Å². The van der Waals surface area contributed by atoms with E-state index in [-0.39, 0.29) is 11.6 Å². The van der Waals surface area contributed by atoms with E-state index in [2.05, 4.69) is 20.8 Å². The van der Waals surface area contributed by atoms with E-state index in [1.165, 1.54) is 6.26 Å². The predicted octanol–water partition coefficient (Wildman–Crippen LogP) is 1.96. The van der Waals surface area contributed by atoms with Crippen LogP contribution in [0.5, 0.6) is 0 Å². The van der Waals surface area contributed by atoms with Crippen LogP contribution in [0.2, 0.25) is 0 Å². The fourth-order valence-electron chi connectivity index (χ4n) is 2.00. The van der Waals surface area contributed by atoms with Gasteiger partial charge in [0.1, 0.15) is 5.82 Å². The standard InChI is InChI=1S/C15H16N4O3/c20-15(18-8-7-17-14-5-1-2-6-16-14)11-10-13(22-19-11)12-4-3-9-21-12/h3-6,9-10,17H,1-2,7-8H2,(H,18,20). The third kappa shape index (κ3) is 3.43.